The van der Waals surface area contributed by atoms with Crippen molar-refractivity contribution < 1.29 is 14.3 Å². The van der Waals surface area contributed by atoms with E-state index in [9.17, 15) is 9.59 Å². The average Bonchev–Trinajstić information content (AvgIpc) is 2.95. The maximum absolute atomic E-state index is 12.8. The molecule has 0 radical (unpaired) electrons. The summed E-state index contributed by atoms with van der Waals surface area (Å²) in [7, 11) is 1.94. The molecule has 1 aliphatic rings. The van der Waals surface area contributed by atoms with Gasteiger partial charge in [0.1, 0.15) is 5.82 Å². The molecule has 1 amide bonds. The Morgan fingerprint density at radius 1 is 1.14 bits per heavy atom. The predicted molar refractivity (Wildman–Crippen MR) is 112 cm³/mol. The number of carbonyl (C=O) groups is 2. The summed E-state index contributed by atoms with van der Waals surface area (Å²) in [5, 5.41) is 0. The summed E-state index contributed by atoms with van der Waals surface area (Å²) in [5.41, 5.74) is 3.44. The number of hydrogen-bond donors (Lipinski definition) is 0. The van der Waals surface area contributed by atoms with E-state index < -0.39 is 0 Å². The van der Waals surface area contributed by atoms with Gasteiger partial charge < -0.3 is 19.1 Å². The van der Waals surface area contributed by atoms with Crippen molar-refractivity contribution in [3.05, 3.63) is 46.9 Å². The zero-order chi connectivity index (χ0) is 21.0. The number of anilines is 1. The number of nitrogens with zero attached hydrogens (tertiary/aromatic N) is 4. The molecule has 7 nitrogen and oxygen atoms in total. The number of pyridine rings is 1. The summed E-state index contributed by atoms with van der Waals surface area (Å²) in [5.74, 6) is 0.823. The number of amides is 1. The lowest BCUT2D eigenvalue weighted by Gasteiger charge is -2.35. The number of hydrogen-bond acceptors (Lipinski definition) is 5. The van der Waals surface area contributed by atoms with Crippen molar-refractivity contribution in [2.24, 2.45) is 7.05 Å². The normalized spacial score (nSPS) is 14.2. The molecule has 0 saturated carbocycles. The van der Waals surface area contributed by atoms with Crippen LogP contribution < -0.4 is 4.90 Å². The molecule has 1 aliphatic heterocycles. The maximum atomic E-state index is 12.8. The van der Waals surface area contributed by atoms with Crippen molar-refractivity contribution in [2.75, 3.05) is 37.7 Å². The molecule has 156 valence electrons. The number of ether oxygens (including phenoxy) is 1. The molecule has 0 aliphatic carbocycles. The SMILES string of the molecule is CCOC(=O)c1c(C)c(CCC(=O)N2CCN(c3ccccn3)CC2)n(C)c1C. The van der Waals surface area contributed by atoms with E-state index >= 15 is 0 Å². The molecule has 0 aromatic carbocycles. The number of piperazine rings is 1. The van der Waals surface area contributed by atoms with Gasteiger partial charge in [0.05, 0.1) is 12.2 Å². The monoisotopic (exact) mass is 398 g/mol. The zero-order valence-corrected chi connectivity index (χ0v) is 17.8. The highest BCUT2D eigenvalue weighted by Gasteiger charge is 2.24. The van der Waals surface area contributed by atoms with Crippen molar-refractivity contribution in [1.29, 1.82) is 0 Å². The van der Waals surface area contributed by atoms with Crippen LogP contribution in [0.1, 0.15) is 40.7 Å². The zero-order valence-electron chi connectivity index (χ0n) is 17.8. The quantitative estimate of drug-likeness (QED) is 0.700. The minimum atomic E-state index is -0.290. The number of rotatable bonds is 6. The Balaban J connectivity index is 1.59. The van der Waals surface area contributed by atoms with Gasteiger partial charge in [-0.2, -0.15) is 0 Å². The van der Waals surface area contributed by atoms with Crippen LogP contribution in [0.3, 0.4) is 0 Å². The lowest BCUT2D eigenvalue weighted by molar-refractivity contribution is -0.131. The summed E-state index contributed by atoms with van der Waals surface area (Å²) >= 11 is 0. The van der Waals surface area contributed by atoms with Gasteiger partial charge in [-0.05, 0) is 44.9 Å². The standard InChI is InChI=1S/C22H30N4O3/c1-5-29-22(28)21-16(2)18(24(4)17(21)3)9-10-20(27)26-14-12-25(13-15-26)19-8-6-7-11-23-19/h6-8,11H,5,9-10,12-15H2,1-4H3. The number of carbonyl (C=O) groups excluding carboxylic acids is 2. The van der Waals surface area contributed by atoms with Crippen LogP contribution in [-0.2, 0) is 23.0 Å². The van der Waals surface area contributed by atoms with Gasteiger partial charge in [0.2, 0.25) is 5.91 Å². The minimum absolute atomic E-state index is 0.154. The van der Waals surface area contributed by atoms with Crippen LogP contribution in [0, 0.1) is 13.8 Å². The molecule has 2 aromatic heterocycles. The third-order valence-corrected chi connectivity index (χ3v) is 5.74. The molecule has 0 spiro atoms. The van der Waals surface area contributed by atoms with Crippen molar-refractivity contribution in [3.8, 4) is 0 Å². The Morgan fingerprint density at radius 3 is 2.48 bits per heavy atom. The molecular formula is C22H30N4O3. The molecule has 0 unspecified atom stereocenters. The number of aromatic nitrogens is 2. The van der Waals surface area contributed by atoms with Crippen LogP contribution in [0.2, 0.25) is 0 Å². The molecule has 3 heterocycles. The van der Waals surface area contributed by atoms with Crippen LogP contribution in [0.25, 0.3) is 0 Å². The maximum Gasteiger partial charge on any atom is 0.340 e. The second-order valence-corrected chi connectivity index (χ2v) is 7.37. The van der Waals surface area contributed by atoms with Crippen molar-refractivity contribution >= 4 is 17.7 Å². The van der Waals surface area contributed by atoms with Crippen LogP contribution in [0.5, 0.6) is 0 Å². The van der Waals surface area contributed by atoms with Crippen LogP contribution in [0.15, 0.2) is 24.4 Å². The fourth-order valence-electron chi connectivity index (χ4n) is 4.01. The van der Waals surface area contributed by atoms with E-state index in [-0.39, 0.29) is 11.9 Å². The first kappa shape index (κ1) is 20.9. The number of esters is 1. The Bertz CT molecular complexity index is 868. The van der Waals surface area contributed by atoms with E-state index in [0.717, 1.165) is 35.9 Å². The summed E-state index contributed by atoms with van der Waals surface area (Å²) in [4.78, 5) is 33.5. The van der Waals surface area contributed by atoms with E-state index in [2.05, 4.69) is 9.88 Å². The van der Waals surface area contributed by atoms with Crippen LogP contribution in [-0.4, -0.2) is 59.1 Å². The summed E-state index contributed by atoms with van der Waals surface area (Å²) < 4.78 is 7.20. The van der Waals surface area contributed by atoms with Gasteiger partial charge in [0.15, 0.2) is 0 Å². The molecule has 1 saturated heterocycles. The van der Waals surface area contributed by atoms with Crippen LogP contribution in [0.4, 0.5) is 5.82 Å². The molecule has 0 N–H and O–H groups in total. The molecule has 0 atom stereocenters. The Morgan fingerprint density at radius 2 is 1.86 bits per heavy atom. The first-order chi connectivity index (χ1) is 13.9. The summed E-state index contributed by atoms with van der Waals surface area (Å²) in [6.07, 6.45) is 2.84. The Kier molecular flexibility index (Phi) is 6.56. The third-order valence-electron chi connectivity index (χ3n) is 5.74. The second kappa shape index (κ2) is 9.11. The molecule has 2 aromatic rings. The van der Waals surface area contributed by atoms with Gasteiger partial charge in [-0.25, -0.2) is 9.78 Å². The molecule has 1 fully saturated rings. The largest absolute Gasteiger partial charge is 0.462 e. The van der Waals surface area contributed by atoms with Gasteiger partial charge >= 0.3 is 5.97 Å². The van der Waals surface area contributed by atoms with Crippen LogP contribution >= 0.6 is 0 Å². The van der Waals surface area contributed by atoms with Gasteiger partial charge in [-0.15, -0.1) is 0 Å². The molecule has 7 heteroatoms. The van der Waals surface area contributed by atoms with Gasteiger partial charge in [-0.1, -0.05) is 6.07 Å². The van der Waals surface area contributed by atoms with Gasteiger partial charge in [0.25, 0.3) is 0 Å². The van der Waals surface area contributed by atoms with E-state index in [4.69, 9.17) is 4.74 Å². The van der Waals surface area contributed by atoms with Crippen molar-refractivity contribution in [2.45, 2.75) is 33.6 Å². The first-order valence-electron chi connectivity index (χ1n) is 10.2. The highest BCUT2D eigenvalue weighted by atomic mass is 16.5. The molecule has 3 rings (SSSR count). The third kappa shape index (κ3) is 4.44. The second-order valence-electron chi connectivity index (χ2n) is 7.37. The van der Waals surface area contributed by atoms with E-state index in [0.29, 0.717) is 38.1 Å². The minimum Gasteiger partial charge on any atom is -0.462 e. The fraction of sp³-hybridized carbons (Fsp3) is 0.500. The van der Waals surface area contributed by atoms with Gasteiger partial charge in [0, 0.05) is 57.2 Å². The predicted octanol–water partition coefficient (Wildman–Crippen LogP) is 2.50. The van der Waals surface area contributed by atoms with Crippen molar-refractivity contribution in [1.82, 2.24) is 14.5 Å². The van der Waals surface area contributed by atoms with E-state index in [1.807, 2.05) is 48.6 Å². The van der Waals surface area contributed by atoms with E-state index in [1.54, 1.807) is 13.1 Å². The molecule has 0 bridgehead atoms. The van der Waals surface area contributed by atoms with Crippen molar-refractivity contribution in [3.63, 3.8) is 0 Å². The topological polar surface area (TPSA) is 67.7 Å². The highest BCUT2D eigenvalue weighted by molar-refractivity contribution is 5.93. The highest BCUT2D eigenvalue weighted by Crippen LogP contribution is 2.23. The molecular weight excluding hydrogens is 368 g/mol. The Hall–Kier alpha value is -2.83. The Labute approximate surface area is 172 Å². The summed E-state index contributed by atoms with van der Waals surface area (Å²) in [6, 6.07) is 5.89. The smallest absolute Gasteiger partial charge is 0.340 e. The fourth-order valence-corrected chi connectivity index (χ4v) is 4.01. The lowest BCUT2D eigenvalue weighted by Crippen LogP contribution is -2.49. The lowest BCUT2D eigenvalue weighted by atomic mass is 10.1. The summed E-state index contributed by atoms with van der Waals surface area (Å²) in [6.45, 7) is 9.00. The molecule has 29 heavy (non-hydrogen) atoms. The average molecular weight is 399 g/mol. The van der Waals surface area contributed by atoms with Gasteiger partial charge in [-0.3, -0.25) is 4.79 Å². The van der Waals surface area contributed by atoms with E-state index in [1.165, 1.54) is 0 Å². The first-order valence-corrected chi connectivity index (χ1v) is 10.2.